The van der Waals surface area contributed by atoms with Crippen molar-refractivity contribution < 1.29 is 4.79 Å². The van der Waals surface area contributed by atoms with Crippen LogP contribution in [0.4, 0.5) is 0 Å². The molecule has 1 amide bonds. The molecule has 0 spiro atoms. The molecule has 0 aliphatic carbocycles. The van der Waals surface area contributed by atoms with E-state index in [-0.39, 0.29) is 5.92 Å². The van der Waals surface area contributed by atoms with Gasteiger partial charge in [-0.25, -0.2) is 0 Å². The molecule has 32 heavy (non-hydrogen) atoms. The number of rotatable bonds is 5. The van der Waals surface area contributed by atoms with E-state index >= 15 is 0 Å². The lowest BCUT2D eigenvalue weighted by molar-refractivity contribution is -0.139. The van der Waals surface area contributed by atoms with E-state index in [1.807, 2.05) is 12.3 Å². The Labute approximate surface area is 190 Å². The SMILES string of the molecule is O=C(C1CCCN(Cc2ccccc2)C1)N1CCN(Cc2cccc3cccnc23)CC1. The summed E-state index contributed by atoms with van der Waals surface area (Å²) >= 11 is 0. The highest BCUT2D eigenvalue weighted by Gasteiger charge is 2.31. The van der Waals surface area contributed by atoms with Crippen molar-refractivity contribution in [2.75, 3.05) is 39.3 Å². The predicted molar refractivity (Wildman–Crippen MR) is 128 cm³/mol. The quantitative estimate of drug-likeness (QED) is 0.620. The van der Waals surface area contributed by atoms with Crippen molar-refractivity contribution in [2.45, 2.75) is 25.9 Å². The molecule has 0 N–H and O–H groups in total. The van der Waals surface area contributed by atoms with Crippen LogP contribution in [0.2, 0.25) is 0 Å². The molecule has 1 unspecified atom stereocenters. The molecule has 2 saturated heterocycles. The number of benzene rings is 2. The highest BCUT2D eigenvalue weighted by molar-refractivity contribution is 5.81. The van der Waals surface area contributed by atoms with Crippen molar-refractivity contribution in [2.24, 2.45) is 5.92 Å². The number of para-hydroxylation sites is 1. The standard InChI is InChI=1S/C27H32N4O/c32-27(25-12-6-14-30(21-25)19-22-7-2-1-3-8-22)31-17-15-29(16-18-31)20-24-10-4-9-23-11-5-13-28-26(23)24/h1-5,7-11,13,25H,6,12,14-21H2. The molecule has 5 nitrogen and oxygen atoms in total. The minimum Gasteiger partial charge on any atom is -0.340 e. The zero-order valence-electron chi connectivity index (χ0n) is 18.7. The fourth-order valence-electron chi connectivity index (χ4n) is 5.16. The molecule has 5 rings (SSSR count). The Bertz CT molecular complexity index is 1040. The lowest BCUT2D eigenvalue weighted by Gasteiger charge is -2.39. The summed E-state index contributed by atoms with van der Waals surface area (Å²) in [5.74, 6) is 0.496. The maximum atomic E-state index is 13.3. The number of likely N-dealkylation sites (tertiary alicyclic amines) is 1. The summed E-state index contributed by atoms with van der Waals surface area (Å²) in [5.41, 5.74) is 3.69. The predicted octanol–water partition coefficient (Wildman–Crippen LogP) is 3.79. The van der Waals surface area contributed by atoms with Crippen molar-refractivity contribution in [1.29, 1.82) is 0 Å². The first kappa shape index (κ1) is 21.1. The van der Waals surface area contributed by atoms with Crippen molar-refractivity contribution in [3.05, 3.63) is 78.0 Å². The van der Waals surface area contributed by atoms with Crippen LogP contribution in [0.25, 0.3) is 10.9 Å². The molecule has 2 aliphatic heterocycles. The maximum absolute atomic E-state index is 13.3. The summed E-state index contributed by atoms with van der Waals surface area (Å²) in [5, 5.41) is 1.19. The van der Waals surface area contributed by atoms with E-state index in [1.165, 1.54) is 16.5 Å². The number of carbonyl (C=O) groups excluding carboxylic acids is 1. The number of piperazine rings is 1. The number of nitrogens with zero attached hydrogens (tertiary/aromatic N) is 4. The largest absolute Gasteiger partial charge is 0.340 e. The van der Waals surface area contributed by atoms with Crippen LogP contribution < -0.4 is 0 Å². The van der Waals surface area contributed by atoms with Crippen LogP contribution in [0.3, 0.4) is 0 Å². The maximum Gasteiger partial charge on any atom is 0.227 e. The third kappa shape index (κ3) is 4.84. The molecule has 3 heterocycles. The molecule has 0 bridgehead atoms. The highest BCUT2D eigenvalue weighted by Crippen LogP contribution is 2.22. The van der Waals surface area contributed by atoms with E-state index in [0.29, 0.717) is 5.91 Å². The fraction of sp³-hybridized carbons (Fsp3) is 0.407. The van der Waals surface area contributed by atoms with Crippen LogP contribution in [-0.4, -0.2) is 64.9 Å². The molecule has 1 aromatic heterocycles. The second-order valence-corrected chi connectivity index (χ2v) is 9.15. The number of piperidine rings is 1. The summed E-state index contributed by atoms with van der Waals surface area (Å²) < 4.78 is 0. The fourth-order valence-corrected chi connectivity index (χ4v) is 5.16. The van der Waals surface area contributed by atoms with Gasteiger partial charge in [-0.3, -0.25) is 19.6 Å². The minimum absolute atomic E-state index is 0.140. The van der Waals surface area contributed by atoms with Gasteiger partial charge >= 0.3 is 0 Å². The Hall–Kier alpha value is -2.76. The van der Waals surface area contributed by atoms with E-state index in [4.69, 9.17) is 0 Å². The van der Waals surface area contributed by atoms with Gasteiger partial charge in [0.15, 0.2) is 0 Å². The number of aromatic nitrogens is 1. The normalized spacial score (nSPS) is 20.5. The minimum atomic E-state index is 0.140. The molecule has 0 radical (unpaired) electrons. The van der Waals surface area contributed by atoms with Gasteiger partial charge in [0, 0.05) is 57.4 Å². The Morgan fingerprint density at radius 3 is 2.50 bits per heavy atom. The first-order chi connectivity index (χ1) is 15.8. The molecule has 2 fully saturated rings. The van der Waals surface area contributed by atoms with Gasteiger partial charge in [0.2, 0.25) is 5.91 Å². The lowest BCUT2D eigenvalue weighted by atomic mass is 9.95. The third-order valence-corrected chi connectivity index (χ3v) is 6.90. The number of amides is 1. The van der Waals surface area contributed by atoms with Gasteiger partial charge in [-0.1, -0.05) is 54.6 Å². The van der Waals surface area contributed by atoms with E-state index in [0.717, 1.165) is 70.7 Å². The third-order valence-electron chi connectivity index (χ3n) is 6.90. The van der Waals surface area contributed by atoms with Gasteiger partial charge in [0.25, 0.3) is 0 Å². The number of fused-ring (bicyclic) bond motifs is 1. The molecule has 0 saturated carbocycles. The van der Waals surface area contributed by atoms with E-state index in [1.54, 1.807) is 0 Å². The second kappa shape index (κ2) is 9.80. The molecule has 1 atom stereocenters. The number of hydrogen-bond donors (Lipinski definition) is 0. The Morgan fingerprint density at radius 2 is 1.66 bits per heavy atom. The number of carbonyl (C=O) groups is 1. The first-order valence-electron chi connectivity index (χ1n) is 11.9. The second-order valence-electron chi connectivity index (χ2n) is 9.15. The average Bonchev–Trinajstić information content (AvgIpc) is 2.85. The van der Waals surface area contributed by atoms with Gasteiger partial charge in [0.05, 0.1) is 11.4 Å². The zero-order valence-corrected chi connectivity index (χ0v) is 18.7. The van der Waals surface area contributed by atoms with E-state index < -0.39 is 0 Å². The molecule has 2 aromatic carbocycles. The van der Waals surface area contributed by atoms with Crippen molar-refractivity contribution >= 4 is 16.8 Å². The topological polar surface area (TPSA) is 39.7 Å². The summed E-state index contributed by atoms with van der Waals surface area (Å²) in [4.78, 5) is 24.9. The average molecular weight is 429 g/mol. The summed E-state index contributed by atoms with van der Waals surface area (Å²) in [7, 11) is 0. The van der Waals surface area contributed by atoms with Crippen LogP contribution in [0.15, 0.2) is 66.9 Å². The highest BCUT2D eigenvalue weighted by atomic mass is 16.2. The van der Waals surface area contributed by atoms with E-state index in [9.17, 15) is 4.79 Å². The van der Waals surface area contributed by atoms with Crippen LogP contribution in [0.5, 0.6) is 0 Å². The Morgan fingerprint density at radius 1 is 0.844 bits per heavy atom. The lowest BCUT2D eigenvalue weighted by Crippen LogP contribution is -2.52. The van der Waals surface area contributed by atoms with Gasteiger partial charge in [-0.15, -0.1) is 0 Å². The van der Waals surface area contributed by atoms with Crippen LogP contribution in [0, 0.1) is 5.92 Å². The van der Waals surface area contributed by atoms with Gasteiger partial charge < -0.3 is 4.90 Å². The number of pyridine rings is 1. The summed E-state index contributed by atoms with van der Waals surface area (Å²) in [6, 6.07) is 21.1. The summed E-state index contributed by atoms with van der Waals surface area (Å²) in [6.07, 6.45) is 4.00. The molecule has 2 aliphatic rings. The van der Waals surface area contributed by atoms with Gasteiger partial charge in [-0.05, 0) is 36.6 Å². The van der Waals surface area contributed by atoms with Crippen LogP contribution >= 0.6 is 0 Å². The van der Waals surface area contributed by atoms with Crippen molar-refractivity contribution in [3.8, 4) is 0 Å². The van der Waals surface area contributed by atoms with Crippen molar-refractivity contribution in [1.82, 2.24) is 19.7 Å². The molecule has 5 heteroatoms. The Kier molecular flexibility index (Phi) is 6.46. The first-order valence-corrected chi connectivity index (χ1v) is 11.9. The van der Waals surface area contributed by atoms with Crippen LogP contribution in [0.1, 0.15) is 24.0 Å². The molecule has 166 valence electrons. The zero-order chi connectivity index (χ0) is 21.8. The molecular weight excluding hydrogens is 396 g/mol. The summed E-state index contributed by atoms with van der Waals surface area (Å²) in [6.45, 7) is 7.31. The molecule has 3 aromatic rings. The van der Waals surface area contributed by atoms with Gasteiger partial charge in [0.1, 0.15) is 0 Å². The van der Waals surface area contributed by atoms with Gasteiger partial charge in [-0.2, -0.15) is 0 Å². The number of hydrogen-bond acceptors (Lipinski definition) is 4. The smallest absolute Gasteiger partial charge is 0.227 e. The van der Waals surface area contributed by atoms with Crippen LogP contribution in [-0.2, 0) is 17.9 Å². The Balaban J connectivity index is 1.15. The van der Waals surface area contributed by atoms with Crippen molar-refractivity contribution in [3.63, 3.8) is 0 Å². The molecular formula is C27H32N4O. The monoisotopic (exact) mass is 428 g/mol. The van der Waals surface area contributed by atoms with E-state index in [2.05, 4.69) is 74.3 Å².